The molecule has 0 heterocycles. The molecule has 2 rings (SSSR count). The van der Waals surface area contributed by atoms with Crippen LogP contribution in [0.1, 0.15) is 19.4 Å². The average Bonchev–Trinajstić information content (AvgIpc) is 3.11. The summed E-state index contributed by atoms with van der Waals surface area (Å²) in [6, 6.07) is 8.95. The van der Waals surface area contributed by atoms with Crippen LogP contribution in [0.25, 0.3) is 0 Å². The fraction of sp³-hybridized carbons (Fsp3) is 0.444. The van der Waals surface area contributed by atoms with Crippen molar-refractivity contribution in [2.75, 3.05) is 6.61 Å². The summed E-state index contributed by atoms with van der Waals surface area (Å²) >= 11 is 0. The highest BCUT2D eigenvalue weighted by Gasteiger charge is 2.62. The highest BCUT2D eigenvalue weighted by Crippen LogP contribution is 2.60. The summed E-state index contributed by atoms with van der Waals surface area (Å²) in [6.45, 7) is 1.54. The maximum Gasteiger partial charge on any atom is 0.422 e. The van der Waals surface area contributed by atoms with Crippen LogP contribution in [0.2, 0.25) is 0 Å². The standard InChI is InChI=1S/C18H18F4O4/c1-17(2)12(8-13(19)15(23)26-10-18(20,21)22)14(17)16(24)25-9-11-6-4-3-5-7-11/h3-8,12,14H,9-10H2,1-2H3/t12-,14-/m0/s1. The third kappa shape index (κ3) is 5.06. The van der Waals surface area contributed by atoms with E-state index in [-0.39, 0.29) is 6.61 Å². The van der Waals surface area contributed by atoms with Gasteiger partial charge in [0.25, 0.3) is 0 Å². The van der Waals surface area contributed by atoms with Crippen LogP contribution in [0, 0.1) is 17.3 Å². The van der Waals surface area contributed by atoms with Gasteiger partial charge in [0, 0.05) is 0 Å². The van der Waals surface area contributed by atoms with Crippen molar-refractivity contribution in [2.24, 2.45) is 17.3 Å². The minimum atomic E-state index is -4.74. The quantitative estimate of drug-likeness (QED) is 0.430. The van der Waals surface area contributed by atoms with Crippen molar-refractivity contribution in [1.29, 1.82) is 0 Å². The molecular formula is C18H18F4O4. The summed E-state index contributed by atoms with van der Waals surface area (Å²) in [5.74, 6) is -5.07. The summed E-state index contributed by atoms with van der Waals surface area (Å²) in [5.41, 5.74) is 0.114. The van der Waals surface area contributed by atoms with Crippen molar-refractivity contribution in [3.8, 4) is 0 Å². The van der Waals surface area contributed by atoms with Crippen molar-refractivity contribution in [1.82, 2.24) is 0 Å². The molecule has 142 valence electrons. The maximum atomic E-state index is 13.8. The molecule has 1 aliphatic carbocycles. The predicted molar refractivity (Wildman–Crippen MR) is 83.2 cm³/mol. The van der Waals surface area contributed by atoms with E-state index in [1.807, 2.05) is 6.07 Å². The molecule has 8 heteroatoms. The normalized spacial score (nSPS) is 21.8. The number of esters is 2. The zero-order valence-electron chi connectivity index (χ0n) is 14.2. The average molecular weight is 374 g/mol. The number of halogens is 4. The molecule has 0 spiro atoms. The highest BCUT2D eigenvalue weighted by atomic mass is 19.4. The Kier molecular flexibility index (Phi) is 5.73. The summed E-state index contributed by atoms with van der Waals surface area (Å²) in [4.78, 5) is 23.4. The Bertz CT molecular complexity index is 695. The second-order valence-electron chi connectivity index (χ2n) is 6.62. The van der Waals surface area contributed by atoms with Crippen LogP contribution in [-0.4, -0.2) is 24.7 Å². The van der Waals surface area contributed by atoms with Gasteiger partial charge in [0.15, 0.2) is 6.61 Å². The largest absolute Gasteiger partial charge is 0.461 e. The number of ether oxygens (including phenoxy) is 2. The van der Waals surface area contributed by atoms with Crippen molar-refractivity contribution in [3.05, 3.63) is 47.8 Å². The Morgan fingerprint density at radius 3 is 2.35 bits per heavy atom. The molecule has 0 amide bonds. The van der Waals surface area contributed by atoms with Crippen LogP contribution < -0.4 is 0 Å². The van der Waals surface area contributed by atoms with Gasteiger partial charge in [0.1, 0.15) is 6.61 Å². The number of allylic oxidation sites excluding steroid dienone is 1. The Balaban J connectivity index is 1.93. The SMILES string of the molecule is CC1(C)[C@H](C(=O)OCc2ccccc2)[C@@H]1C=C(F)C(=O)OCC(F)(F)F. The van der Waals surface area contributed by atoms with Crippen molar-refractivity contribution >= 4 is 11.9 Å². The van der Waals surface area contributed by atoms with E-state index in [4.69, 9.17) is 4.74 Å². The number of alkyl halides is 3. The van der Waals surface area contributed by atoms with E-state index >= 15 is 0 Å². The van der Waals surface area contributed by atoms with Crippen LogP contribution >= 0.6 is 0 Å². The first-order valence-corrected chi connectivity index (χ1v) is 7.84. The second kappa shape index (κ2) is 7.47. The van der Waals surface area contributed by atoms with Gasteiger partial charge in [-0.1, -0.05) is 44.2 Å². The molecule has 0 unspecified atom stereocenters. The van der Waals surface area contributed by atoms with E-state index in [9.17, 15) is 27.2 Å². The van der Waals surface area contributed by atoms with E-state index in [0.717, 1.165) is 11.6 Å². The number of carbonyl (C=O) groups is 2. The summed E-state index contributed by atoms with van der Waals surface area (Å²) < 4.78 is 58.8. The molecule has 0 aliphatic heterocycles. The molecule has 2 atom stereocenters. The molecule has 1 aromatic rings. The van der Waals surface area contributed by atoms with Gasteiger partial charge >= 0.3 is 18.1 Å². The lowest BCUT2D eigenvalue weighted by molar-refractivity contribution is -0.184. The minimum Gasteiger partial charge on any atom is -0.461 e. The van der Waals surface area contributed by atoms with Gasteiger partial charge in [0.05, 0.1) is 5.92 Å². The maximum absolute atomic E-state index is 13.8. The fourth-order valence-corrected chi connectivity index (χ4v) is 2.70. The topological polar surface area (TPSA) is 52.6 Å². The predicted octanol–water partition coefficient (Wildman–Crippen LogP) is 3.96. The number of rotatable bonds is 6. The molecule has 26 heavy (non-hydrogen) atoms. The van der Waals surface area contributed by atoms with Crippen LogP contribution in [0.15, 0.2) is 42.2 Å². The van der Waals surface area contributed by atoms with Crippen molar-refractivity contribution < 1.29 is 36.6 Å². The molecule has 0 aromatic heterocycles. The zero-order chi connectivity index (χ0) is 19.5. The van der Waals surface area contributed by atoms with Crippen LogP contribution in [0.4, 0.5) is 17.6 Å². The number of hydrogen-bond donors (Lipinski definition) is 0. The van der Waals surface area contributed by atoms with Crippen molar-refractivity contribution in [2.45, 2.75) is 26.6 Å². The minimum absolute atomic E-state index is 0.0544. The second-order valence-corrected chi connectivity index (χ2v) is 6.62. The van der Waals surface area contributed by atoms with Gasteiger partial charge in [-0.15, -0.1) is 0 Å². The monoisotopic (exact) mass is 374 g/mol. The Morgan fingerprint density at radius 1 is 1.15 bits per heavy atom. The fourth-order valence-electron chi connectivity index (χ4n) is 2.70. The summed E-state index contributed by atoms with van der Waals surface area (Å²) in [7, 11) is 0. The third-order valence-corrected chi connectivity index (χ3v) is 4.28. The van der Waals surface area contributed by atoms with Crippen LogP contribution in [-0.2, 0) is 25.7 Å². The summed E-state index contributed by atoms with van der Waals surface area (Å²) in [5, 5.41) is 0. The number of carbonyl (C=O) groups excluding carboxylic acids is 2. The van der Waals surface area contributed by atoms with Crippen molar-refractivity contribution in [3.63, 3.8) is 0 Å². The van der Waals surface area contributed by atoms with Gasteiger partial charge < -0.3 is 9.47 Å². The van der Waals surface area contributed by atoms with E-state index in [2.05, 4.69) is 4.74 Å². The smallest absolute Gasteiger partial charge is 0.422 e. The van der Waals surface area contributed by atoms with Gasteiger partial charge in [-0.25, -0.2) is 4.79 Å². The Morgan fingerprint density at radius 2 is 1.77 bits per heavy atom. The van der Waals surface area contributed by atoms with E-state index < -0.39 is 47.8 Å². The Labute approximate surface area is 147 Å². The molecule has 1 aliphatic rings. The molecule has 0 N–H and O–H groups in total. The lowest BCUT2D eigenvalue weighted by Gasteiger charge is -2.06. The van der Waals surface area contributed by atoms with Gasteiger partial charge in [-0.2, -0.15) is 17.6 Å². The first-order valence-electron chi connectivity index (χ1n) is 7.84. The molecule has 1 fully saturated rings. The zero-order valence-corrected chi connectivity index (χ0v) is 14.2. The highest BCUT2D eigenvalue weighted by molar-refractivity contribution is 5.87. The lowest BCUT2D eigenvalue weighted by atomic mass is 10.1. The molecule has 0 radical (unpaired) electrons. The van der Waals surface area contributed by atoms with Gasteiger partial charge in [-0.05, 0) is 23.0 Å². The van der Waals surface area contributed by atoms with Gasteiger partial charge in [-0.3, -0.25) is 4.79 Å². The van der Waals surface area contributed by atoms with E-state index in [1.165, 1.54) is 0 Å². The molecule has 1 aromatic carbocycles. The van der Waals surface area contributed by atoms with Gasteiger partial charge in [0.2, 0.25) is 5.83 Å². The van der Waals surface area contributed by atoms with Crippen LogP contribution in [0.5, 0.6) is 0 Å². The molecule has 4 nitrogen and oxygen atoms in total. The number of benzene rings is 1. The molecule has 0 bridgehead atoms. The number of hydrogen-bond acceptors (Lipinski definition) is 4. The summed E-state index contributed by atoms with van der Waals surface area (Å²) in [6.07, 6.45) is -3.91. The molecule has 0 saturated heterocycles. The third-order valence-electron chi connectivity index (χ3n) is 4.28. The Hall–Kier alpha value is -2.38. The molecular weight excluding hydrogens is 356 g/mol. The first-order chi connectivity index (χ1) is 12.0. The first kappa shape index (κ1) is 19.9. The lowest BCUT2D eigenvalue weighted by Crippen LogP contribution is -2.20. The van der Waals surface area contributed by atoms with E-state index in [0.29, 0.717) is 0 Å². The van der Waals surface area contributed by atoms with Crippen LogP contribution in [0.3, 0.4) is 0 Å². The molecule has 1 saturated carbocycles. The van der Waals surface area contributed by atoms with E-state index in [1.54, 1.807) is 38.1 Å².